The summed E-state index contributed by atoms with van der Waals surface area (Å²) in [6.45, 7) is 6.38. The van der Waals surface area contributed by atoms with Gasteiger partial charge in [0, 0.05) is 63.6 Å². The predicted octanol–water partition coefficient (Wildman–Crippen LogP) is 4.75. The van der Waals surface area contributed by atoms with Gasteiger partial charge < -0.3 is 10.2 Å². The third-order valence-electron chi connectivity index (χ3n) is 7.76. The molecule has 9 nitrogen and oxygen atoms in total. The fourth-order valence-corrected chi connectivity index (χ4v) is 6.04. The number of nitro groups is 1. The number of pyridine rings is 1. The number of benzene rings is 2. The minimum Gasteiger partial charge on any atom is -0.353 e. The van der Waals surface area contributed by atoms with E-state index in [4.69, 9.17) is 0 Å². The van der Waals surface area contributed by atoms with Crippen LogP contribution >= 0.6 is 15.9 Å². The summed E-state index contributed by atoms with van der Waals surface area (Å²) < 4.78 is 27.3. The van der Waals surface area contributed by atoms with Crippen LogP contribution in [0.4, 0.5) is 20.3 Å². The Bertz CT molecular complexity index is 1390. The molecule has 2 aromatic carbocycles. The smallest absolute Gasteiger partial charge is 0.269 e. The molecule has 0 radical (unpaired) electrons. The van der Waals surface area contributed by atoms with E-state index >= 15 is 0 Å². The van der Waals surface area contributed by atoms with E-state index in [-0.39, 0.29) is 23.1 Å². The fraction of sp³-hybridized carbons (Fsp3) is 0.379. The second-order valence-corrected chi connectivity index (χ2v) is 11.3. The van der Waals surface area contributed by atoms with Gasteiger partial charge in [-0.3, -0.25) is 24.7 Å². The number of aromatic nitrogens is 1. The Morgan fingerprint density at radius 1 is 0.976 bits per heavy atom. The van der Waals surface area contributed by atoms with Gasteiger partial charge >= 0.3 is 0 Å². The normalized spacial score (nSPS) is 17.0. The Morgan fingerprint density at radius 3 is 2.29 bits per heavy atom. The summed E-state index contributed by atoms with van der Waals surface area (Å²) in [5.74, 6) is -1.43. The summed E-state index contributed by atoms with van der Waals surface area (Å²) in [6, 6.07) is 12.6. The molecule has 3 aromatic rings. The first-order valence-electron chi connectivity index (χ1n) is 13.6. The number of carbonyl (C=O) groups excluding carboxylic acids is 1. The van der Waals surface area contributed by atoms with Crippen LogP contribution in [-0.2, 0) is 13.1 Å². The average molecular weight is 630 g/mol. The molecule has 3 heterocycles. The molecule has 2 fully saturated rings. The second-order valence-electron chi connectivity index (χ2n) is 10.4. The number of hydrogen-bond donors (Lipinski definition) is 1. The summed E-state index contributed by atoms with van der Waals surface area (Å²) in [5, 5.41) is 13.6. The number of nitrogens with one attached hydrogen (secondary N) is 1. The van der Waals surface area contributed by atoms with Crippen molar-refractivity contribution in [2.45, 2.75) is 32.0 Å². The first-order valence-corrected chi connectivity index (χ1v) is 14.4. The summed E-state index contributed by atoms with van der Waals surface area (Å²) >= 11 is 3.57. The van der Waals surface area contributed by atoms with Gasteiger partial charge in [-0.2, -0.15) is 0 Å². The molecule has 0 unspecified atom stereocenters. The van der Waals surface area contributed by atoms with E-state index in [2.05, 4.69) is 40.9 Å². The van der Waals surface area contributed by atoms with E-state index < -0.39 is 11.6 Å². The summed E-state index contributed by atoms with van der Waals surface area (Å²) in [4.78, 5) is 34.8. The lowest BCUT2D eigenvalue weighted by Gasteiger charge is -2.43. The lowest BCUT2D eigenvalue weighted by molar-refractivity contribution is -0.384. The Balaban J connectivity index is 1.07. The monoisotopic (exact) mass is 628 g/mol. The highest BCUT2D eigenvalue weighted by molar-refractivity contribution is 9.10. The minimum absolute atomic E-state index is 0.0767. The molecule has 41 heavy (non-hydrogen) atoms. The van der Waals surface area contributed by atoms with Crippen molar-refractivity contribution in [1.82, 2.24) is 20.1 Å². The SMILES string of the molecule is O=C(NCc1ccc(F)c(F)c1)c1cnc(N2CCN(C3CCN(Cc4ccc([N+](=O)[O-])cc4)CC3)CC2)c(Br)c1. The van der Waals surface area contributed by atoms with Crippen LogP contribution in [0, 0.1) is 21.7 Å². The van der Waals surface area contributed by atoms with E-state index in [9.17, 15) is 23.7 Å². The lowest BCUT2D eigenvalue weighted by atomic mass is 10.0. The van der Waals surface area contributed by atoms with Crippen molar-refractivity contribution in [3.05, 3.63) is 97.6 Å². The Morgan fingerprint density at radius 2 is 1.66 bits per heavy atom. The van der Waals surface area contributed by atoms with Crippen molar-refractivity contribution in [2.75, 3.05) is 44.2 Å². The zero-order chi connectivity index (χ0) is 28.9. The summed E-state index contributed by atoms with van der Waals surface area (Å²) in [5.41, 5.74) is 2.05. The molecular weight excluding hydrogens is 598 g/mol. The lowest BCUT2D eigenvalue weighted by Crippen LogP contribution is -2.53. The zero-order valence-electron chi connectivity index (χ0n) is 22.4. The van der Waals surface area contributed by atoms with Crippen LogP contribution in [0.25, 0.3) is 0 Å². The van der Waals surface area contributed by atoms with Gasteiger partial charge in [0.1, 0.15) is 5.82 Å². The number of non-ortho nitro benzene ring substituents is 1. The topological polar surface area (TPSA) is 94.9 Å². The summed E-state index contributed by atoms with van der Waals surface area (Å²) in [6.07, 6.45) is 3.71. The number of hydrogen-bond acceptors (Lipinski definition) is 7. The molecule has 0 bridgehead atoms. The number of anilines is 1. The van der Waals surface area contributed by atoms with Crippen LogP contribution in [0.5, 0.6) is 0 Å². The van der Waals surface area contributed by atoms with E-state index in [1.54, 1.807) is 18.2 Å². The predicted molar refractivity (Wildman–Crippen MR) is 155 cm³/mol. The number of rotatable bonds is 8. The van der Waals surface area contributed by atoms with E-state index in [0.29, 0.717) is 17.2 Å². The number of piperazine rings is 1. The molecule has 5 rings (SSSR count). The molecule has 1 N–H and O–H groups in total. The number of piperidine rings is 1. The molecule has 2 aliphatic rings. The van der Waals surface area contributed by atoms with Crippen LogP contribution in [0.15, 0.2) is 59.2 Å². The minimum atomic E-state index is -0.948. The van der Waals surface area contributed by atoms with Crippen molar-refractivity contribution < 1.29 is 18.5 Å². The summed E-state index contributed by atoms with van der Waals surface area (Å²) in [7, 11) is 0. The van der Waals surface area contributed by atoms with Crippen molar-refractivity contribution in [2.24, 2.45) is 0 Å². The Labute approximate surface area is 245 Å². The standard InChI is InChI=1S/C29H31BrF2N6O3/c30-25-16-22(29(39)34-17-21-3-6-26(31)27(32)15-21)18-33-28(25)37-13-11-36(12-14-37)23-7-9-35(10-8-23)19-20-1-4-24(5-2-20)38(40)41/h1-6,15-16,18,23H,7-14,17,19H2,(H,34,39). The van der Waals surface area contributed by atoms with Crippen molar-refractivity contribution in [3.63, 3.8) is 0 Å². The molecule has 0 saturated carbocycles. The highest BCUT2D eigenvalue weighted by atomic mass is 79.9. The first-order chi connectivity index (χ1) is 19.8. The van der Waals surface area contributed by atoms with Crippen molar-refractivity contribution in [3.8, 4) is 0 Å². The van der Waals surface area contributed by atoms with Gasteiger partial charge in [-0.05, 0) is 71.2 Å². The van der Waals surface area contributed by atoms with Gasteiger partial charge in [-0.1, -0.05) is 18.2 Å². The van der Waals surface area contributed by atoms with Crippen LogP contribution in [0.3, 0.4) is 0 Å². The van der Waals surface area contributed by atoms with E-state index in [1.807, 2.05) is 12.1 Å². The molecular formula is C29H31BrF2N6O3. The molecule has 1 aromatic heterocycles. The zero-order valence-corrected chi connectivity index (χ0v) is 24.0. The third-order valence-corrected chi connectivity index (χ3v) is 8.35. The maximum atomic E-state index is 13.4. The molecule has 1 amide bonds. The number of amides is 1. The first kappa shape index (κ1) is 29.0. The van der Waals surface area contributed by atoms with Crippen molar-refractivity contribution in [1.29, 1.82) is 0 Å². The second kappa shape index (κ2) is 13.0. The van der Waals surface area contributed by atoms with E-state index in [1.165, 1.54) is 12.3 Å². The highest BCUT2D eigenvalue weighted by Gasteiger charge is 2.28. The van der Waals surface area contributed by atoms with Crippen LogP contribution in [0.1, 0.15) is 34.3 Å². The Kier molecular flexibility index (Phi) is 9.21. The number of halogens is 3. The molecule has 0 atom stereocenters. The molecule has 12 heteroatoms. The van der Waals surface area contributed by atoms with Gasteiger partial charge in [-0.25, -0.2) is 13.8 Å². The number of likely N-dealkylation sites (tertiary alicyclic amines) is 1. The molecule has 2 aliphatic heterocycles. The number of nitro benzene ring substituents is 1. The van der Waals surface area contributed by atoms with E-state index in [0.717, 1.165) is 86.6 Å². The van der Waals surface area contributed by atoms with Crippen LogP contribution < -0.4 is 10.2 Å². The van der Waals surface area contributed by atoms with Crippen LogP contribution in [-0.4, -0.2) is 70.9 Å². The van der Waals surface area contributed by atoms with Gasteiger partial charge in [0.15, 0.2) is 11.6 Å². The maximum Gasteiger partial charge on any atom is 0.269 e. The molecule has 2 saturated heterocycles. The van der Waals surface area contributed by atoms with Gasteiger partial charge in [0.05, 0.1) is 15.0 Å². The fourth-order valence-electron chi connectivity index (χ4n) is 5.44. The molecule has 216 valence electrons. The molecule has 0 spiro atoms. The third kappa shape index (κ3) is 7.24. The number of carbonyl (C=O) groups is 1. The maximum absolute atomic E-state index is 13.4. The van der Waals surface area contributed by atoms with Gasteiger partial charge in [0.25, 0.3) is 11.6 Å². The number of nitrogens with zero attached hydrogens (tertiary/aromatic N) is 5. The largest absolute Gasteiger partial charge is 0.353 e. The highest BCUT2D eigenvalue weighted by Crippen LogP contribution is 2.27. The average Bonchev–Trinajstić information content (AvgIpc) is 2.98. The van der Waals surface area contributed by atoms with Gasteiger partial charge in [-0.15, -0.1) is 0 Å². The quantitative estimate of drug-likeness (QED) is 0.284. The Hall–Kier alpha value is -3.48. The van der Waals surface area contributed by atoms with Crippen molar-refractivity contribution >= 4 is 33.3 Å². The van der Waals surface area contributed by atoms with Gasteiger partial charge in [0.2, 0.25) is 0 Å². The van der Waals surface area contributed by atoms with Crippen LogP contribution in [0.2, 0.25) is 0 Å². The molecule has 0 aliphatic carbocycles.